The zero-order chi connectivity index (χ0) is 20.2. The number of para-hydroxylation sites is 2. The van der Waals surface area contributed by atoms with E-state index in [4.69, 9.17) is 4.42 Å². The molecule has 0 amide bonds. The van der Waals surface area contributed by atoms with E-state index in [1.807, 2.05) is 55.6 Å². The summed E-state index contributed by atoms with van der Waals surface area (Å²) in [5, 5.41) is 18.2. The van der Waals surface area contributed by atoms with Crippen LogP contribution in [-0.4, -0.2) is 27.1 Å². The maximum absolute atomic E-state index is 11.3. The molecule has 4 aromatic rings. The van der Waals surface area contributed by atoms with Gasteiger partial charge in [0.05, 0.1) is 23.2 Å². The molecular weight excluding hydrogens is 404 g/mol. The van der Waals surface area contributed by atoms with Crippen molar-refractivity contribution in [3.05, 3.63) is 89.8 Å². The second-order valence-electron chi connectivity index (χ2n) is 6.34. The van der Waals surface area contributed by atoms with Crippen LogP contribution in [0.2, 0.25) is 0 Å². The number of hydrogen-bond acceptors (Lipinski definition) is 5. The third kappa shape index (κ3) is 4.42. The van der Waals surface area contributed by atoms with Crippen LogP contribution in [-0.2, 0) is 0 Å². The van der Waals surface area contributed by atoms with Gasteiger partial charge in [-0.3, -0.25) is 5.43 Å². The molecule has 2 aromatic heterocycles. The van der Waals surface area contributed by atoms with E-state index < -0.39 is 5.97 Å². The molecule has 0 fully saturated rings. The minimum atomic E-state index is -1.02. The van der Waals surface area contributed by atoms with Crippen LogP contribution < -0.4 is 5.43 Å². The summed E-state index contributed by atoms with van der Waals surface area (Å²) in [6.45, 7) is 1.87. The summed E-state index contributed by atoms with van der Waals surface area (Å²) in [6.07, 6.45) is 3.44. The number of hydrazone groups is 1. The lowest BCUT2D eigenvalue weighted by Crippen LogP contribution is -2.02. The second-order valence-corrected chi connectivity index (χ2v) is 6.34. The number of aryl methyl sites for hydroxylation is 1. The van der Waals surface area contributed by atoms with Gasteiger partial charge in [-0.1, -0.05) is 30.3 Å². The number of carbonyl (C=O) groups is 1. The highest BCUT2D eigenvalue weighted by molar-refractivity contribution is 5.94. The molecule has 0 bridgehead atoms. The zero-order valence-corrected chi connectivity index (χ0v) is 16.8. The number of furan rings is 1. The van der Waals surface area contributed by atoms with Crippen LogP contribution >= 0.6 is 12.4 Å². The predicted molar refractivity (Wildman–Crippen MR) is 118 cm³/mol. The highest BCUT2D eigenvalue weighted by atomic mass is 35.5. The monoisotopic (exact) mass is 422 g/mol. The van der Waals surface area contributed by atoms with Crippen molar-refractivity contribution in [2.45, 2.75) is 6.92 Å². The smallest absolute Gasteiger partial charge is 0.337 e. The zero-order valence-electron chi connectivity index (χ0n) is 16.0. The van der Waals surface area contributed by atoms with E-state index in [-0.39, 0.29) is 18.0 Å². The molecule has 8 heteroatoms. The van der Waals surface area contributed by atoms with E-state index in [1.165, 1.54) is 6.07 Å². The average Bonchev–Trinajstić information content (AvgIpc) is 3.35. The molecule has 0 aliphatic heterocycles. The average molecular weight is 423 g/mol. The molecule has 30 heavy (non-hydrogen) atoms. The number of aromatic carboxylic acids is 1. The third-order valence-corrected chi connectivity index (χ3v) is 4.28. The SMILES string of the molecule is Cc1ccc(-c2nn(-c3ccccc3)cc2/C=N/Nc2ccccc2C(=O)O)o1.Cl. The van der Waals surface area contributed by atoms with E-state index in [2.05, 4.69) is 15.6 Å². The second kappa shape index (κ2) is 9.11. The number of halogens is 1. The molecule has 4 rings (SSSR count). The van der Waals surface area contributed by atoms with Gasteiger partial charge in [-0.2, -0.15) is 10.2 Å². The molecule has 0 spiro atoms. The molecule has 2 heterocycles. The van der Waals surface area contributed by atoms with Gasteiger partial charge in [-0.25, -0.2) is 9.48 Å². The number of nitrogens with one attached hydrogen (secondary N) is 1. The van der Waals surface area contributed by atoms with Gasteiger partial charge in [-0.15, -0.1) is 12.4 Å². The van der Waals surface area contributed by atoms with Crippen LogP contribution in [0.3, 0.4) is 0 Å². The summed E-state index contributed by atoms with van der Waals surface area (Å²) in [5.74, 6) is 0.391. The highest BCUT2D eigenvalue weighted by Crippen LogP contribution is 2.25. The minimum absolute atomic E-state index is 0. The number of aromatic nitrogens is 2. The van der Waals surface area contributed by atoms with Crippen molar-refractivity contribution in [1.29, 1.82) is 0 Å². The molecule has 0 saturated heterocycles. The summed E-state index contributed by atoms with van der Waals surface area (Å²) in [6, 6.07) is 20.0. The number of hydrogen-bond donors (Lipinski definition) is 2. The lowest BCUT2D eigenvalue weighted by molar-refractivity contribution is 0.0698. The van der Waals surface area contributed by atoms with Crippen molar-refractivity contribution in [3.63, 3.8) is 0 Å². The molecular formula is C22H19ClN4O3. The van der Waals surface area contributed by atoms with Crippen LogP contribution in [0, 0.1) is 6.92 Å². The van der Waals surface area contributed by atoms with Gasteiger partial charge in [0.25, 0.3) is 0 Å². The van der Waals surface area contributed by atoms with Gasteiger partial charge in [0.1, 0.15) is 11.5 Å². The standard InChI is InChI=1S/C22H18N4O3.ClH/c1-15-11-12-20(29-15)21-16(14-26(25-21)17-7-3-2-4-8-17)13-23-24-19-10-6-5-9-18(19)22(27)28;/h2-14,24H,1H3,(H,27,28);1H/b23-13+;. The highest BCUT2D eigenvalue weighted by Gasteiger charge is 2.14. The van der Waals surface area contributed by atoms with Crippen LogP contribution in [0.25, 0.3) is 17.1 Å². The van der Waals surface area contributed by atoms with E-state index in [9.17, 15) is 9.90 Å². The van der Waals surface area contributed by atoms with Gasteiger partial charge >= 0.3 is 5.97 Å². The van der Waals surface area contributed by atoms with Gasteiger partial charge in [-0.05, 0) is 43.3 Å². The Morgan fingerprint density at radius 2 is 1.83 bits per heavy atom. The minimum Gasteiger partial charge on any atom is -0.478 e. The van der Waals surface area contributed by atoms with Gasteiger partial charge < -0.3 is 9.52 Å². The summed E-state index contributed by atoms with van der Waals surface area (Å²) >= 11 is 0. The fourth-order valence-electron chi connectivity index (χ4n) is 2.89. The molecule has 7 nitrogen and oxygen atoms in total. The Hall–Kier alpha value is -3.84. The molecule has 0 aliphatic carbocycles. The van der Waals surface area contributed by atoms with Gasteiger partial charge in [0, 0.05) is 11.8 Å². The summed E-state index contributed by atoms with van der Waals surface area (Å²) < 4.78 is 7.49. The number of carboxylic acid groups (broad SMARTS) is 1. The fourth-order valence-corrected chi connectivity index (χ4v) is 2.89. The first-order chi connectivity index (χ1) is 14.1. The topological polar surface area (TPSA) is 92.7 Å². The van der Waals surface area contributed by atoms with Crippen molar-refractivity contribution in [1.82, 2.24) is 9.78 Å². The van der Waals surface area contributed by atoms with Crippen molar-refractivity contribution in [3.8, 4) is 17.1 Å². The molecule has 2 N–H and O–H groups in total. The van der Waals surface area contributed by atoms with Crippen molar-refractivity contribution >= 4 is 30.3 Å². The van der Waals surface area contributed by atoms with Crippen LogP contribution in [0.4, 0.5) is 5.69 Å². The quantitative estimate of drug-likeness (QED) is 0.336. The molecule has 0 aliphatic rings. The normalized spacial score (nSPS) is 10.7. The predicted octanol–water partition coefficient (Wildman–Crippen LogP) is 5.01. The summed E-state index contributed by atoms with van der Waals surface area (Å²) in [7, 11) is 0. The molecule has 152 valence electrons. The summed E-state index contributed by atoms with van der Waals surface area (Å²) in [5.41, 5.74) is 5.61. The van der Waals surface area contributed by atoms with E-state index in [0.717, 1.165) is 17.0 Å². The molecule has 2 aromatic carbocycles. The Morgan fingerprint density at radius 1 is 1.10 bits per heavy atom. The van der Waals surface area contributed by atoms with Crippen LogP contribution in [0.15, 0.2) is 82.4 Å². The van der Waals surface area contributed by atoms with Gasteiger partial charge in [0.15, 0.2) is 5.76 Å². The number of anilines is 1. The fraction of sp³-hybridized carbons (Fsp3) is 0.0455. The first kappa shape index (κ1) is 20.9. The molecule has 0 saturated carbocycles. The van der Waals surface area contributed by atoms with Crippen molar-refractivity contribution in [2.75, 3.05) is 5.43 Å². The van der Waals surface area contributed by atoms with Crippen molar-refractivity contribution < 1.29 is 14.3 Å². The largest absolute Gasteiger partial charge is 0.478 e. The number of rotatable bonds is 6. The van der Waals surface area contributed by atoms with E-state index in [0.29, 0.717) is 17.1 Å². The molecule has 0 radical (unpaired) electrons. The maximum atomic E-state index is 11.3. The first-order valence-electron chi connectivity index (χ1n) is 8.95. The maximum Gasteiger partial charge on any atom is 0.337 e. The third-order valence-electron chi connectivity index (χ3n) is 4.28. The number of nitrogens with zero attached hydrogens (tertiary/aromatic N) is 3. The van der Waals surface area contributed by atoms with Crippen molar-refractivity contribution in [2.24, 2.45) is 5.10 Å². The van der Waals surface area contributed by atoms with Crippen LogP contribution in [0.5, 0.6) is 0 Å². The summed E-state index contributed by atoms with van der Waals surface area (Å²) in [4.78, 5) is 11.3. The van der Waals surface area contributed by atoms with Gasteiger partial charge in [0.2, 0.25) is 0 Å². The van der Waals surface area contributed by atoms with E-state index >= 15 is 0 Å². The molecule has 0 unspecified atom stereocenters. The van der Waals surface area contributed by atoms with E-state index in [1.54, 1.807) is 29.1 Å². The lowest BCUT2D eigenvalue weighted by atomic mass is 10.2. The number of carboxylic acids is 1. The number of benzene rings is 2. The Kier molecular flexibility index (Phi) is 6.34. The Balaban J connectivity index is 0.00000256. The Bertz CT molecular complexity index is 1180. The lowest BCUT2D eigenvalue weighted by Gasteiger charge is -2.03. The van der Waals surface area contributed by atoms with Crippen LogP contribution in [0.1, 0.15) is 21.7 Å². The first-order valence-corrected chi connectivity index (χ1v) is 8.95. The Morgan fingerprint density at radius 3 is 2.53 bits per heavy atom. The Labute approximate surface area is 179 Å². The molecule has 0 atom stereocenters.